The lowest BCUT2D eigenvalue weighted by Gasteiger charge is -2.24. The van der Waals surface area contributed by atoms with E-state index in [0.29, 0.717) is 13.0 Å². The Balaban J connectivity index is 1.58. The van der Waals surface area contributed by atoms with E-state index >= 15 is 0 Å². The van der Waals surface area contributed by atoms with Crippen molar-refractivity contribution in [3.05, 3.63) is 102 Å². The van der Waals surface area contributed by atoms with E-state index in [9.17, 15) is 8.42 Å². The minimum Gasteiger partial charge on any atom is -0.372 e. The van der Waals surface area contributed by atoms with Gasteiger partial charge in [0, 0.05) is 6.61 Å². The number of hydrogen-bond donors (Lipinski definition) is 0. The van der Waals surface area contributed by atoms with Crippen LogP contribution in [0.25, 0.3) is 0 Å². The molecule has 0 amide bonds. The predicted octanol–water partition coefficient (Wildman–Crippen LogP) is 5.98. The van der Waals surface area contributed by atoms with E-state index in [-0.39, 0.29) is 22.4 Å². The van der Waals surface area contributed by atoms with E-state index in [1.807, 2.05) is 55.5 Å². The Bertz CT molecular complexity index is 1010. The van der Waals surface area contributed by atoms with Crippen molar-refractivity contribution in [2.24, 2.45) is 0 Å². The molecule has 6 heteroatoms. The highest BCUT2D eigenvalue weighted by Gasteiger charge is 2.23. The summed E-state index contributed by atoms with van der Waals surface area (Å²) >= 11 is 3.77. The first-order valence-electron chi connectivity index (χ1n) is 9.79. The zero-order chi connectivity index (χ0) is 21.4. The van der Waals surface area contributed by atoms with Crippen LogP contribution in [0.15, 0.2) is 89.8 Å². The molecule has 2 atom stereocenters. The molecule has 0 aliphatic rings. The average Bonchev–Trinajstić information content (AvgIpc) is 2.77. The Hall–Kier alpha value is -1.99. The minimum absolute atomic E-state index is 0.0293. The zero-order valence-corrected chi connectivity index (χ0v) is 19.2. The molecule has 0 unspecified atom stereocenters. The Morgan fingerprint density at radius 2 is 1.37 bits per heavy atom. The van der Waals surface area contributed by atoms with Crippen molar-refractivity contribution in [2.75, 3.05) is 13.2 Å². The maximum atomic E-state index is 12.3. The lowest BCUT2D eigenvalue weighted by molar-refractivity contribution is 0.0448. The van der Waals surface area contributed by atoms with Gasteiger partial charge >= 0.3 is 0 Å². The molecule has 4 nitrogen and oxygen atoms in total. The largest absolute Gasteiger partial charge is 0.372 e. The number of rotatable bonds is 10. The van der Waals surface area contributed by atoms with Crippen LogP contribution in [0.1, 0.15) is 34.0 Å². The molecule has 0 aliphatic carbocycles. The maximum absolute atomic E-state index is 12.3. The molecule has 0 saturated heterocycles. The van der Waals surface area contributed by atoms with Gasteiger partial charge in [-0.05, 0) is 36.6 Å². The molecule has 0 aromatic heterocycles. The molecule has 3 aromatic rings. The molecule has 3 aromatic carbocycles. The SMILES string of the molecule is Cc1ccc(S(=O)(=O)OCCCO[C@H](c2ccccc2)[C@@H](Br)c2ccccc2)cc1. The highest BCUT2D eigenvalue weighted by molar-refractivity contribution is 9.09. The van der Waals surface area contributed by atoms with Gasteiger partial charge < -0.3 is 4.74 Å². The number of aryl methyl sites for hydroxylation is 1. The predicted molar refractivity (Wildman–Crippen MR) is 122 cm³/mol. The van der Waals surface area contributed by atoms with Crippen molar-refractivity contribution in [3.63, 3.8) is 0 Å². The van der Waals surface area contributed by atoms with Crippen LogP contribution in [0.3, 0.4) is 0 Å². The number of benzene rings is 3. The first kappa shape index (κ1) is 22.7. The summed E-state index contributed by atoms with van der Waals surface area (Å²) < 4.78 is 35.9. The molecular weight excluding hydrogens is 464 g/mol. The molecular formula is C24H25BrO4S. The van der Waals surface area contributed by atoms with Gasteiger partial charge in [-0.3, -0.25) is 4.18 Å². The molecule has 0 N–H and O–H groups in total. The van der Waals surface area contributed by atoms with Crippen molar-refractivity contribution in [1.29, 1.82) is 0 Å². The van der Waals surface area contributed by atoms with Crippen molar-refractivity contribution in [2.45, 2.75) is 29.2 Å². The zero-order valence-electron chi connectivity index (χ0n) is 16.8. The molecule has 0 fully saturated rings. The van der Waals surface area contributed by atoms with Crippen LogP contribution in [0, 0.1) is 6.92 Å². The van der Waals surface area contributed by atoms with Gasteiger partial charge in [0.1, 0.15) is 0 Å². The molecule has 0 bridgehead atoms. The molecule has 0 aliphatic heterocycles. The summed E-state index contributed by atoms with van der Waals surface area (Å²) in [5, 5.41) is 0. The van der Waals surface area contributed by atoms with Gasteiger partial charge in [0.2, 0.25) is 0 Å². The lowest BCUT2D eigenvalue weighted by Crippen LogP contribution is -2.14. The van der Waals surface area contributed by atoms with E-state index in [4.69, 9.17) is 8.92 Å². The Morgan fingerprint density at radius 1 is 0.800 bits per heavy atom. The molecule has 158 valence electrons. The van der Waals surface area contributed by atoms with Crippen LogP contribution >= 0.6 is 15.9 Å². The van der Waals surface area contributed by atoms with Gasteiger partial charge in [-0.15, -0.1) is 0 Å². The van der Waals surface area contributed by atoms with Crippen LogP contribution in [0.2, 0.25) is 0 Å². The summed E-state index contributed by atoms with van der Waals surface area (Å²) in [6.07, 6.45) is 0.255. The highest BCUT2D eigenvalue weighted by Crippen LogP contribution is 2.38. The summed E-state index contributed by atoms with van der Waals surface area (Å²) in [5.74, 6) is 0. The van der Waals surface area contributed by atoms with Crippen molar-refractivity contribution >= 4 is 26.0 Å². The Labute approximate surface area is 187 Å². The molecule has 3 rings (SSSR count). The summed E-state index contributed by atoms with van der Waals surface area (Å²) in [6, 6.07) is 26.7. The second-order valence-corrected chi connectivity index (χ2v) is 9.56. The van der Waals surface area contributed by atoms with Crippen LogP contribution in [-0.2, 0) is 19.0 Å². The summed E-state index contributed by atoms with van der Waals surface area (Å²) in [6.45, 7) is 2.35. The number of alkyl halides is 1. The number of ether oxygens (including phenoxy) is 1. The van der Waals surface area contributed by atoms with Crippen LogP contribution in [-0.4, -0.2) is 21.6 Å². The van der Waals surface area contributed by atoms with Gasteiger partial charge in [-0.25, -0.2) is 0 Å². The molecule has 0 saturated carbocycles. The fourth-order valence-corrected chi connectivity index (χ4v) is 4.72. The minimum atomic E-state index is -3.75. The summed E-state index contributed by atoms with van der Waals surface area (Å²) in [7, 11) is -3.75. The van der Waals surface area contributed by atoms with Gasteiger partial charge in [0.25, 0.3) is 10.1 Å². The van der Waals surface area contributed by atoms with Gasteiger partial charge in [0.05, 0.1) is 22.4 Å². The van der Waals surface area contributed by atoms with Crippen LogP contribution < -0.4 is 0 Å². The van der Waals surface area contributed by atoms with Crippen LogP contribution in [0.5, 0.6) is 0 Å². The monoisotopic (exact) mass is 488 g/mol. The third-order valence-electron chi connectivity index (χ3n) is 4.65. The topological polar surface area (TPSA) is 52.6 Å². The fraction of sp³-hybridized carbons (Fsp3) is 0.250. The first-order chi connectivity index (χ1) is 14.5. The molecule has 30 heavy (non-hydrogen) atoms. The second kappa shape index (κ2) is 10.9. The maximum Gasteiger partial charge on any atom is 0.296 e. The standard InChI is InChI=1S/C24H25BrO4S/c1-19-13-15-22(16-14-19)30(26,27)29-18-8-17-28-24(21-11-6-3-7-12-21)23(25)20-9-4-2-5-10-20/h2-7,9-16,23-24H,8,17-18H2,1H3/t23-,24+/m0/s1. The van der Waals surface area contributed by atoms with E-state index in [0.717, 1.165) is 16.7 Å². The first-order valence-corrected chi connectivity index (χ1v) is 12.1. The summed E-state index contributed by atoms with van der Waals surface area (Å²) in [4.78, 5) is 0.138. The summed E-state index contributed by atoms with van der Waals surface area (Å²) in [5.41, 5.74) is 3.16. The third kappa shape index (κ3) is 6.25. The molecule has 0 heterocycles. The van der Waals surface area contributed by atoms with E-state index in [1.165, 1.54) is 0 Å². The van der Waals surface area contributed by atoms with Gasteiger partial charge in [-0.2, -0.15) is 8.42 Å². The number of hydrogen-bond acceptors (Lipinski definition) is 4. The van der Waals surface area contributed by atoms with Crippen LogP contribution in [0.4, 0.5) is 0 Å². The fourth-order valence-electron chi connectivity index (χ4n) is 3.01. The third-order valence-corrected chi connectivity index (χ3v) is 6.98. The molecule has 0 radical (unpaired) electrons. The van der Waals surface area contributed by atoms with Gasteiger partial charge in [0.15, 0.2) is 0 Å². The average molecular weight is 489 g/mol. The smallest absolute Gasteiger partial charge is 0.296 e. The quantitative estimate of drug-likeness (QED) is 0.200. The van der Waals surface area contributed by atoms with Crippen molar-refractivity contribution < 1.29 is 17.3 Å². The molecule has 0 spiro atoms. The lowest BCUT2D eigenvalue weighted by atomic mass is 10.0. The Kier molecular flexibility index (Phi) is 8.22. The van der Waals surface area contributed by atoms with E-state index in [1.54, 1.807) is 24.3 Å². The van der Waals surface area contributed by atoms with Crippen molar-refractivity contribution in [1.82, 2.24) is 0 Å². The normalized spacial score (nSPS) is 13.7. The number of halogens is 1. The Morgan fingerprint density at radius 3 is 1.97 bits per heavy atom. The highest BCUT2D eigenvalue weighted by atomic mass is 79.9. The van der Waals surface area contributed by atoms with Crippen molar-refractivity contribution in [3.8, 4) is 0 Å². The second-order valence-electron chi connectivity index (χ2n) is 6.96. The van der Waals surface area contributed by atoms with E-state index in [2.05, 4.69) is 28.1 Å². The van der Waals surface area contributed by atoms with Gasteiger partial charge in [-0.1, -0.05) is 94.3 Å². The van der Waals surface area contributed by atoms with E-state index < -0.39 is 10.1 Å².